The Morgan fingerprint density at radius 3 is 2.65 bits per heavy atom. The second kappa shape index (κ2) is 5.60. The topological polar surface area (TPSA) is 113 Å². The Bertz CT molecular complexity index is 556. The molecule has 1 aromatic rings. The van der Waals surface area contributed by atoms with E-state index < -0.39 is 36.2 Å². The molecule has 1 unspecified atom stereocenters. The molecule has 0 spiro atoms. The number of fused-ring (bicyclic) bond motifs is 1. The van der Waals surface area contributed by atoms with Crippen LogP contribution in [-0.4, -0.2) is 40.7 Å². The van der Waals surface area contributed by atoms with Crippen LogP contribution >= 0.6 is 0 Å². The van der Waals surface area contributed by atoms with Crippen LogP contribution in [0.1, 0.15) is 17.9 Å². The van der Waals surface area contributed by atoms with Crippen LogP contribution in [0.3, 0.4) is 0 Å². The van der Waals surface area contributed by atoms with E-state index in [1.807, 2.05) is 0 Å². The van der Waals surface area contributed by atoms with Crippen molar-refractivity contribution < 1.29 is 29.3 Å². The fraction of sp³-hybridized carbons (Fsp3) is 0.308. The van der Waals surface area contributed by atoms with Gasteiger partial charge >= 0.3 is 11.9 Å². The Labute approximate surface area is 114 Å². The zero-order valence-electron chi connectivity index (χ0n) is 10.4. The standard InChI is InChI=1S/C13H13NO6/c15-11(16)5-9(13(18)19)14-12(17)8-6-20-10-4-2-1-3-7(8)10/h1-4,8-9H,5-6H2,(H,14,17)(H,15,16)(H,18,19)/t8?,9-/m1/s1. The van der Waals surface area contributed by atoms with Crippen molar-refractivity contribution in [1.29, 1.82) is 0 Å². The van der Waals surface area contributed by atoms with Gasteiger partial charge in [0, 0.05) is 5.56 Å². The molecule has 0 aromatic heterocycles. The SMILES string of the molecule is O=C(O)C[C@@H](NC(=O)C1COc2ccccc21)C(=O)O. The number of carboxylic acid groups (broad SMARTS) is 2. The molecular formula is C13H13NO6. The molecule has 3 N–H and O–H groups in total. The highest BCUT2D eigenvalue weighted by Crippen LogP contribution is 2.33. The minimum atomic E-state index is -1.45. The molecule has 20 heavy (non-hydrogen) atoms. The van der Waals surface area contributed by atoms with Gasteiger partial charge < -0.3 is 20.3 Å². The lowest BCUT2D eigenvalue weighted by atomic mass is 10.00. The van der Waals surface area contributed by atoms with Gasteiger partial charge in [-0.2, -0.15) is 0 Å². The number of rotatable bonds is 5. The smallest absolute Gasteiger partial charge is 0.326 e. The Kier molecular flexibility index (Phi) is 3.88. The van der Waals surface area contributed by atoms with E-state index in [1.165, 1.54) is 0 Å². The largest absolute Gasteiger partial charge is 0.492 e. The summed E-state index contributed by atoms with van der Waals surface area (Å²) in [6.07, 6.45) is -0.670. The average molecular weight is 279 g/mol. The first-order valence-electron chi connectivity index (χ1n) is 5.95. The van der Waals surface area contributed by atoms with Crippen LogP contribution in [-0.2, 0) is 14.4 Å². The number of carbonyl (C=O) groups excluding carboxylic acids is 1. The third kappa shape index (κ3) is 2.87. The number of amides is 1. The van der Waals surface area contributed by atoms with Crippen LogP contribution in [0.5, 0.6) is 5.75 Å². The van der Waals surface area contributed by atoms with Gasteiger partial charge in [-0.25, -0.2) is 4.79 Å². The number of hydrogen-bond donors (Lipinski definition) is 3. The lowest BCUT2D eigenvalue weighted by Crippen LogP contribution is -2.44. The molecule has 1 aliphatic heterocycles. The molecule has 0 saturated carbocycles. The summed E-state index contributed by atoms with van der Waals surface area (Å²) >= 11 is 0. The summed E-state index contributed by atoms with van der Waals surface area (Å²) in [5.74, 6) is -3.27. The van der Waals surface area contributed by atoms with Crippen molar-refractivity contribution in [1.82, 2.24) is 5.32 Å². The van der Waals surface area contributed by atoms with E-state index in [4.69, 9.17) is 14.9 Å². The molecule has 1 aromatic carbocycles. The first-order valence-corrected chi connectivity index (χ1v) is 5.95. The van der Waals surface area contributed by atoms with E-state index >= 15 is 0 Å². The molecule has 0 aliphatic carbocycles. The summed E-state index contributed by atoms with van der Waals surface area (Å²) in [5.41, 5.74) is 0.671. The summed E-state index contributed by atoms with van der Waals surface area (Å²) in [6.45, 7) is 0.116. The van der Waals surface area contributed by atoms with Gasteiger partial charge in [-0.1, -0.05) is 18.2 Å². The molecule has 1 amide bonds. The van der Waals surface area contributed by atoms with Gasteiger partial charge in [0.05, 0.1) is 6.42 Å². The molecule has 2 rings (SSSR count). The zero-order chi connectivity index (χ0) is 14.7. The van der Waals surface area contributed by atoms with Crippen LogP contribution < -0.4 is 10.1 Å². The number of carbonyl (C=O) groups is 3. The van der Waals surface area contributed by atoms with Crippen LogP contribution in [0.15, 0.2) is 24.3 Å². The summed E-state index contributed by atoms with van der Waals surface area (Å²) in [7, 11) is 0. The van der Waals surface area contributed by atoms with E-state index in [0.29, 0.717) is 11.3 Å². The molecular weight excluding hydrogens is 266 g/mol. The molecule has 0 bridgehead atoms. The molecule has 7 heteroatoms. The number of benzene rings is 1. The van der Waals surface area contributed by atoms with Crippen LogP contribution in [0.2, 0.25) is 0 Å². The Balaban J connectivity index is 2.09. The van der Waals surface area contributed by atoms with Crippen molar-refractivity contribution in [3.05, 3.63) is 29.8 Å². The molecule has 0 fully saturated rings. The zero-order valence-corrected chi connectivity index (χ0v) is 10.4. The molecule has 1 heterocycles. The van der Waals surface area contributed by atoms with Crippen LogP contribution in [0.4, 0.5) is 0 Å². The quantitative estimate of drug-likeness (QED) is 0.710. The fourth-order valence-electron chi connectivity index (χ4n) is 2.03. The molecule has 7 nitrogen and oxygen atoms in total. The maximum atomic E-state index is 12.1. The minimum absolute atomic E-state index is 0.116. The molecule has 0 radical (unpaired) electrons. The number of carboxylic acids is 2. The van der Waals surface area contributed by atoms with Gasteiger partial charge in [0.1, 0.15) is 24.3 Å². The molecule has 1 aliphatic rings. The highest BCUT2D eigenvalue weighted by molar-refractivity contribution is 5.91. The maximum absolute atomic E-state index is 12.1. The highest BCUT2D eigenvalue weighted by atomic mass is 16.5. The van der Waals surface area contributed by atoms with Crippen LogP contribution in [0, 0.1) is 0 Å². The lowest BCUT2D eigenvalue weighted by Gasteiger charge is -2.15. The first-order chi connectivity index (χ1) is 9.49. The summed E-state index contributed by atoms with van der Waals surface area (Å²) in [5, 5.41) is 19.8. The fourth-order valence-corrected chi connectivity index (χ4v) is 2.03. The summed E-state index contributed by atoms with van der Waals surface area (Å²) < 4.78 is 5.33. The van der Waals surface area contributed by atoms with Crippen LogP contribution in [0.25, 0.3) is 0 Å². The van der Waals surface area contributed by atoms with Crippen molar-refractivity contribution in [3.63, 3.8) is 0 Å². The second-order valence-corrected chi connectivity index (χ2v) is 4.40. The number of hydrogen-bond acceptors (Lipinski definition) is 4. The number of ether oxygens (including phenoxy) is 1. The average Bonchev–Trinajstić information content (AvgIpc) is 2.81. The normalized spacial score (nSPS) is 17.7. The molecule has 106 valence electrons. The number of para-hydroxylation sites is 1. The third-order valence-electron chi connectivity index (χ3n) is 3.01. The summed E-state index contributed by atoms with van der Waals surface area (Å²) in [4.78, 5) is 33.6. The lowest BCUT2D eigenvalue weighted by molar-refractivity contribution is -0.147. The third-order valence-corrected chi connectivity index (χ3v) is 3.01. The monoisotopic (exact) mass is 279 g/mol. The maximum Gasteiger partial charge on any atom is 0.326 e. The van der Waals surface area contributed by atoms with Gasteiger partial charge in [0.2, 0.25) is 5.91 Å². The van der Waals surface area contributed by atoms with Gasteiger partial charge in [0.25, 0.3) is 0 Å². The number of nitrogens with one attached hydrogen (secondary N) is 1. The Morgan fingerprint density at radius 1 is 1.30 bits per heavy atom. The van der Waals surface area contributed by atoms with Gasteiger partial charge in [-0.3, -0.25) is 9.59 Å². The minimum Gasteiger partial charge on any atom is -0.492 e. The van der Waals surface area contributed by atoms with E-state index in [1.54, 1.807) is 24.3 Å². The predicted octanol–water partition coefficient (Wildman–Crippen LogP) is 0.207. The van der Waals surface area contributed by atoms with Crippen molar-refractivity contribution >= 4 is 17.8 Å². The second-order valence-electron chi connectivity index (χ2n) is 4.40. The van der Waals surface area contributed by atoms with Crippen molar-refractivity contribution in [2.45, 2.75) is 18.4 Å². The van der Waals surface area contributed by atoms with E-state index in [9.17, 15) is 14.4 Å². The summed E-state index contributed by atoms with van der Waals surface area (Å²) in [6, 6.07) is 5.50. The van der Waals surface area contributed by atoms with Gasteiger partial charge in [-0.05, 0) is 6.07 Å². The molecule has 2 atom stereocenters. The van der Waals surface area contributed by atoms with Gasteiger partial charge in [0.15, 0.2) is 0 Å². The predicted molar refractivity (Wildman–Crippen MR) is 66.5 cm³/mol. The van der Waals surface area contributed by atoms with Crippen molar-refractivity contribution in [3.8, 4) is 5.75 Å². The number of aliphatic carboxylic acids is 2. The Hall–Kier alpha value is -2.57. The van der Waals surface area contributed by atoms with Crippen molar-refractivity contribution in [2.24, 2.45) is 0 Å². The van der Waals surface area contributed by atoms with Crippen molar-refractivity contribution in [2.75, 3.05) is 6.61 Å². The molecule has 0 saturated heterocycles. The van der Waals surface area contributed by atoms with E-state index in [2.05, 4.69) is 5.32 Å². The first kappa shape index (κ1) is 13.9. The van der Waals surface area contributed by atoms with E-state index in [-0.39, 0.29) is 6.61 Å². The highest BCUT2D eigenvalue weighted by Gasteiger charge is 2.33. The Morgan fingerprint density at radius 2 is 2.00 bits per heavy atom. The van der Waals surface area contributed by atoms with Gasteiger partial charge in [-0.15, -0.1) is 0 Å². The van der Waals surface area contributed by atoms with E-state index in [0.717, 1.165) is 0 Å².